The Bertz CT molecular complexity index is 1390. The van der Waals surface area contributed by atoms with E-state index < -0.39 is 17.9 Å². The van der Waals surface area contributed by atoms with Crippen molar-refractivity contribution in [3.8, 4) is 22.8 Å². The number of carbonyl (C=O) groups excluding carboxylic acids is 1. The Morgan fingerprint density at radius 3 is 2.11 bits per heavy atom. The second-order valence-corrected chi connectivity index (χ2v) is 10.4. The standard InChI is InChI=1S/C30H31N3O4/c1-18-14-19(2)16-23(15-18)28-32-26(33-37-28)21-8-6-20(7-9-21)17-25(29(35)36)31-27(34)22-10-12-24(13-11-22)30(3,4)5/h6-16,25H,17H2,1-5H3,(H,31,34)(H,35,36). The minimum Gasteiger partial charge on any atom is -0.480 e. The van der Waals surface area contributed by atoms with E-state index in [4.69, 9.17) is 4.52 Å². The van der Waals surface area contributed by atoms with Gasteiger partial charge in [-0.15, -0.1) is 0 Å². The van der Waals surface area contributed by atoms with Crippen molar-refractivity contribution >= 4 is 11.9 Å². The number of carbonyl (C=O) groups is 2. The molecule has 37 heavy (non-hydrogen) atoms. The normalized spacial score (nSPS) is 12.2. The number of rotatable bonds is 7. The van der Waals surface area contributed by atoms with Gasteiger partial charge in [0.2, 0.25) is 5.82 Å². The average molecular weight is 498 g/mol. The van der Waals surface area contributed by atoms with Crippen molar-refractivity contribution in [2.45, 2.75) is 52.5 Å². The van der Waals surface area contributed by atoms with Gasteiger partial charge in [0.1, 0.15) is 6.04 Å². The molecule has 1 heterocycles. The number of carboxylic acids is 1. The Morgan fingerprint density at radius 1 is 0.919 bits per heavy atom. The summed E-state index contributed by atoms with van der Waals surface area (Å²) in [6.45, 7) is 10.3. The smallest absolute Gasteiger partial charge is 0.326 e. The number of benzene rings is 3. The SMILES string of the molecule is Cc1cc(C)cc(-c2nc(-c3ccc(CC(NC(=O)c4ccc(C(C)(C)C)cc4)C(=O)O)cc3)no2)c1. The van der Waals surface area contributed by atoms with Crippen LogP contribution in [-0.4, -0.2) is 33.2 Å². The van der Waals surface area contributed by atoms with E-state index in [-0.39, 0.29) is 11.8 Å². The van der Waals surface area contributed by atoms with Crippen LogP contribution in [0.3, 0.4) is 0 Å². The molecule has 1 unspecified atom stereocenters. The monoisotopic (exact) mass is 497 g/mol. The molecule has 4 rings (SSSR count). The third-order valence-corrected chi connectivity index (χ3v) is 6.16. The van der Waals surface area contributed by atoms with Crippen molar-refractivity contribution in [3.05, 3.63) is 94.5 Å². The van der Waals surface area contributed by atoms with Crippen LogP contribution in [0.2, 0.25) is 0 Å². The molecule has 0 saturated carbocycles. The van der Waals surface area contributed by atoms with E-state index in [1.165, 1.54) is 0 Å². The van der Waals surface area contributed by atoms with Gasteiger partial charge in [0.05, 0.1) is 0 Å². The van der Waals surface area contributed by atoms with E-state index in [1.807, 2.05) is 62.4 Å². The summed E-state index contributed by atoms with van der Waals surface area (Å²) in [6.07, 6.45) is 0.140. The molecule has 7 nitrogen and oxygen atoms in total. The Kier molecular flexibility index (Phi) is 7.25. The maximum absolute atomic E-state index is 12.7. The molecule has 7 heteroatoms. The molecule has 2 N–H and O–H groups in total. The van der Waals surface area contributed by atoms with Crippen molar-refractivity contribution in [3.63, 3.8) is 0 Å². The van der Waals surface area contributed by atoms with E-state index in [9.17, 15) is 14.7 Å². The van der Waals surface area contributed by atoms with Gasteiger partial charge in [0.15, 0.2) is 0 Å². The molecular weight excluding hydrogens is 466 g/mol. The highest BCUT2D eigenvalue weighted by Gasteiger charge is 2.22. The van der Waals surface area contributed by atoms with E-state index in [1.54, 1.807) is 12.1 Å². The van der Waals surface area contributed by atoms with Crippen LogP contribution >= 0.6 is 0 Å². The summed E-state index contributed by atoms with van der Waals surface area (Å²) in [5.74, 6) is -0.632. The minimum atomic E-state index is -1.10. The largest absolute Gasteiger partial charge is 0.480 e. The first-order valence-electron chi connectivity index (χ1n) is 12.2. The number of amides is 1. The van der Waals surface area contributed by atoms with Crippen molar-refractivity contribution in [1.29, 1.82) is 0 Å². The van der Waals surface area contributed by atoms with E-state index in [0.717, 1.165) is 33.4 Å². The Balaban J connectivity index is 1.44. The number of hydrogen-bond acceptors (Lipinski definition) is 5. The third kappa shape index (κ3) is 6.30. The molecule has 1 aromatic heterocycles. The predicted molar refractivity (Wildman–Crippen MR) is 142 cm³/mol. The lowest BCUT2D eigenvalue weighted by Crippen LogP contribution is -2.42. The summed E-state index contributed by atoms with van der Waals surface area (Å²) in [5, 5.41) is 16.5. The summed E-state index contributed by atoms with van der Waals surface area (Å²) in [5.41, 5.74) is 6.08. The quantitative estimate of drug-likeness (QED) is 0.337. The summed E-state index contributed by atoms with van der Waals surface area (Å²) < 4.78 is 5.47. The maximum atomic E-state index is 12.7. The van der Waals surface area contributed by atoms with E-state index in [2.05, 4.69) is 42.3 Å². The number of hydrogen-bond donors (Lipinski definition) is 2. The molecular formula is C30H31N3O4. The number of aliphatic carboxylic acids is 1. The number of aromatic nitrogens is 2. The fourth-order valence-electron chi connectivity index (χ4n) is 4.15. The first-order chi connectivity index (χ1) is 17.5. The highest BCUT2D eigenvalue weighted by atomic mass is 16.5. The number of nitrogens with one attached hydrogen (secondary N) is 1. The van der Waals surface area contributed by atoms with Crippen LogP contribution in [0.4, 0.5) is 0 Å². The van der Waals surface area contributed by atoms with Crippen molar-refractivity contribution in [2.24, 2.45) is 0 Å². The highest BCUT2D eigenvalue weighted by Crippen LogP contribution is 2.25. The molecule has 0 aliphatic carbocycles. The van der Waals surface area contributed by atoms with Gasteiger partial charge in [-0.25, -0.2) is 4.79 Å². The lowest BCUT2D eigenvalue weighted by atomic mass is 9.86. The molecule has 1 amide bonds. The predicted octanol–water partition coefficient (Wildman–Crippen LogP) is 5.74. The summed E-state index contributed by atoms with van der Waals surface area (Å²) >= 11 is 0. The van der Waals surface area contributed by atoms with Crippen LogP contribution in [0.5, 0.6) is 0 Å². The molecule has 3 aromatic carbocycles. The van der Waals surface area contributed by atoms with Gasteiger partial charge in [-0.2, -0.15) is 4.98 Å². The molecule has 0 aliphatic heterocycles. The minimum absolute atomic E-state index is 0.0343. The number of aryl methyl sites for hydroxylation is 2. The molecule has 0 fully saturated rings. The molecule has 0 saturated heterocycles. The highest BCUT2D eigenvalue weighted by molar-refractivity contribution is 5.96. The van der Waals surface area contributed by atoms with Gasteiger partial charge >= 0.3 is 5.97 Å². The van der Waals surface area contributed by atoms with Gasteiger partial charge in [-0.05, 0) is 54.7 Å². The lowest BCUT2D eigenvalue weighted by Gasteiger charge is -2.19. The molecule has 0 radical (unpaired) electrons. The maximum Gasteiger partial charge on any atom is 0.326 e. The molecule has 0 spiro atoms. The fourth-order valence-corrected chi connectivity index (χ4v) is 4.15. The first kappa shape index (κ1) is 25.8. The van der Waals surface area contributed by atoms with Crippen LogP contribution in [0.1, 0.15) is 53.4 Å². The van der Waals surface area contributed by atoms with Gasteiger partial charge in [-0.3, -0.25) is 4.79 Å². The van der Waals surface area contributed by atoms with E-state index >= 15 is 0 Å². The van der Waals surface area contributed by atoms with Gasteiger partial charge < -0.3 is 14.9 Å². The van der Waals surface area contributed by atoms with Crippen molar-refractivity contribution < 1.29 is 19.2 Å². The van der Waals surface area contributed by atoms with Crippen LogP contribution in [0.15, 0.2) is 71.3 Å². The Labute approximate surface area is 216 Å². The van der Waals surface area contributed by atoms with Gasteiger partial charge in [0.25, 0.3) is 11.8 Å². The zero-order chi connectivity index (χ0) is 26.7. The van der Waals surface area contributed by atoms with Gasteiger partial charge in [-0.1, -0.05) is 79.5 Å². The summed E-state index contributed by atoms with van der Waals surface area (Å²) in [7, 11) is 0. The summed E-state index contributed by atoms with van der Waals surface area (Å²) in [6, 6.07) is 19.5. The molecule has 190 valence electrons. The van der Waals surface area contributed by atoms with Gasteiger partial charge in [0, 0.05) is 23.1 Å². The number of nitrogens with zero attached hydrogens (tertiary/aromatic N) is 2. The fraction of sp³-hybridized carbons (Fsp3) is 0.267. The molecule has 0 bridgehead atoms. The second-order valence-electron chi connectivity index (χ2n) is 10.4. The Hall–Kier alpha value is -4.26. The average Bonchev–Trinajstić information content (AvgIpc) is 3.33. The zero-order valence-electron chi connectivity index (χ0n) is 21.7. The topological polar surface area (TPSA) is 105 Å². The Morgan fingerprint density at radius 2 is 1.54 bits per heavy atom. The lowest BCUT2D eigenvalue weighted by molar-refractivity contribution is -0.139. The van der Waals surface area contributed by atoms with Crippen molar-refractivity contribution in [2.75, 3.05) is 0 Å². The number of carboxylic acid groups (broad SMARTS) is 1. The van der Waals surface area contributed by atoms with Crippen LogP contribution in [0.25, 0.3) is 22.8 Å². The van der Waals surface area contributed by atoms with Crippen LogP contribution in [0, 0.1) is 13.8 Å². The molecule has 4 aromatic rings. The van der Waals surface area contributed by atoms with Crippen LogP contribution in [-0.2, 0) is 16.6 Å². The molecule has 1 atom stereocenters. The van der Waals surface area contributed by atoms with E-state index in [0.29, 0.717) is 17.3 Å². The van der Waals surface area contributed by atoms with Crippen LogP contribution < -0.4 is 5.32 Å². The second kappa shape index (κ2) is 10.4. The first-order valence-corrected chi connectivity index (χ1v) is 12.2. The van der Waals surface area contributed by atoms with Crippen molar-refractivity contribution in [1.82, 2.24) is 15.5 Å². The zero-order valence-corrected chi connectivity index (χ0v) is 21.7. The third-order valence-electron chi connectivity index (χ3n) is 6.16. The molecule has 0 aliphatic rings. The summed E-state index contributed by atoms with van der Waals surface area (Å²) in [4.78, 5) is 29.1.